The summed E-state index contributed by atoms with van der Waals surface area (Å²) in [5.41, 5.74) is 15.8. The number of likely N-dealkylation sites (tertiary alicyclic amines) is 2. The van der Waals surface area contributed by atoms with Crippen LogP contribution in [0.15, 0.2) is 18.7 Å². The molecule has 5 fully saturated rings. The molecule has 0 spiro atoms. The number of esters is 1. The Morgan fingerprint density at radius 1 is 0.737 bits per heavy atom. The lowest BCUT2D eigenvalue weighted by Crippen LogP contribution is -2.52. The second kappa shape index (κ2) is 18.3. The molecule has 3 N–H and O–H groups in total. The number of rotatable bonds is 14. The number of ether oxygens (including phenoxy) is 2. The molecular formula is C59H73N11O4S2. The summed E-state index contributed by atoms with van der Waals surface area (Å²) >= 11 is 3.87. The number of nitrogens with one attached hydrogen (secondary N) is 3. The van der Waals surface area contributed by atoms with Crippen LogP contribution in [-0.2, 0) is 25.5 Å². The van der Waals surface area contributed by atoms with Gasteiger partial charge in [0, 0.05) is 75.6 Å². The van der Waals surface area contributed by atoms with Crippen molar-refractivity contribution in [3.63, 3.8) is 0 Å². The van der Waals surface area contributed by atoms with Crippen LogP contribution in [0.2, 0.25) is 0 Å². The molecule has 11 heterocycles. The van der Waals surface area contributed by atoms with Crippen LogP contribution in [0.4, 0.5) is 0 Å². The summed E-state index contributed by atoms with van der Waals surface area (Å²) in [5.74, 6) is 3.32. The Labute approximate surface area is 452 Å². The van der Waals surface area contributed by atoms with E-state index in [0.29, 0.717) is 86.1 Å². The predicted octanol–water partition coefficient (Wildman–Crippen LogP) is 10.7. The van der Waals surface area contributed by atoms with Crippen molar-refractivity contribution in [1.82, 2.24) is 54.3 Å². The summed E-state index contributed by atoms with van der Waals surface area (Å²) in [4.78, 5) is 54.3. The second-order valence-electron chi connectivity index (χ2n) is 24.7. The topological polar surface area (TPSA) is 163 Å². The zero-order valence-electron chi connectivity index (χ0n) is 46.2. The predicted molar refractivity (Wildman–Crippen MR) is 301 cm³/mol. The van der Waals surface area contributed by atoms with Crippen LogP contribution in [0.1, 0.15) is 151 Å². The first-order valence-corrected chi connectivity index (χ1v) is 29.5. The molecule has 5 aliphatic rings. The van der Waals surface area contributed by atoms with Crippen LogP contribution < -0.4 is 5.32 Å². The molecule has 400 valence electrons. The maximum absolute atomic E-state index is 13.8. The van der Waals surface area contributed by atoms with E-state index in [1.165, 1.54) is 74.8 Å². The third kappa shape index (κ3) is 8.09. The van der Waals surface area contributed by atoms with Crippen LogP contribution in [0.25, 0.3) is 54.2 Å². The number of carbonyl (C=O) groups excluding carboxylic acids is 2. The lowest BCUT2D eigenvalue weighted by molar-refractivity contribution is -0.158. The fraction of sp³-hybridized carbons (Fsp3) is 0.559. The van der Waals surface area contributed by atoms with Gasteiger partial charge in [-0.25, -0.2) is 19.0 Å². The monoisotopic (exact) mass is 1060 g/mol. The van der Waals surface area contributed by atoms with Gasteiger partial charge in [-0.3, -0.25) is 19.4 Å². The molecule has 1 amide bonds. The number of piperidine rings is 2. The number of H-pyrrole nitrogens is 2. The van der Waals surface area contributed by atoms with E-state index >= 15 is 0 Å². The molecule has 17 heteroatoms. The van der Waals surface area contributed by atoms with Crippen LogP contribution in [-0.4, -0.2) is 124 Å². The molecule has 0 radical (unpaired) electrons. The Morgan fingerprint density at radius 3 is 1.79 bits per heavy atom. The van der Waals surface area contributed by atoms with Crippen molar-refractivity contribution in [1.29, 1.82) is 0 Å². The molecule has 4 bridgehead atoms. The molecule has 76 heavy (non-hydrogen) atoms. The number of fused-ring (bicyclic) bond motifs is 8. The van der Waals surface area contributed by atoms with E-state index in [-0.39, 0.29) is 17.9 Å². The molecule has 2 saturated carbocycles. The van der Waals surface area contributed by atoms with E-state index in [0.717, 1.165) is 72.5 Å². The van der Waals surface area contributed by atoms with Crippen molar-refractivity contribution in [2.45, 2.75) is 163 Å². The van der Waals surface area contributed by atoms with Gasteiger partial charge in [0.1, 0.15) is 21.6 Å². The number of thiophene rings is 2. The molecule has 8 aromatic rings. The highest BCUT2D eigenvalue weighted by molar-refractivity contribution is 7.19. The molecule has 0 aromatic carbocycles. The van der Waals surface area contributed by atoms with Gasteiger partial charge in [-0.1, -0.05) is 27.7 Å². The van der Waals surface area contributed by atoms with Gasteiger partial charge in [-0.2, -0.15) is 10.2 Å². The highest BCUT2D eigenvalue weighted by Crippen LogP contribution is 2.55. The van der Waals surface area contributed by atoms with E-state index in [2.05, 4.69) is 117 Å². The lowest BCUT2D eigenvalue weighted by Gasteiger charge is -2.32. The number of carbonyl (C=O) groups is 2. The largest absolute Gasteiger partial charge is 0.458 e. The molecule has 2 aliphatic carbocycles. The number of aryl methyl sites for hydroxylation is 4. The van der Waals surface area contributed by atoms with Gasteiger partial charge in [-0.05, 0) is 161 Å². The minimum atomic E-state index is -0.795. The Bertz CT molecular complexity index is 3660. The van der Waals surface area contributed by atoms with Crippen LogP contribution in [0, 0.1) is 53.4 Å². The summed E-state index contributed by atoms with van der Waals surface area (Å²) in [7, 11) is 0. The highest BCUT2D eigenvalue weighted by Gasteiger charge is 2.49. The first kappa shape index (κ1) is 50.1. The van der Waals surface area contributed by atoms with Gasteiger partial charge in [0.05, 0.1) is 43.7 Å². The van der Waals surface area contributed by atoms with Gasteiger partial charge in [0.15, 0.2) is 17.1 Å². The average Bonchev–Trinajstić information content (AvgIpc) is 4.25. The minimum absolute atomic E-state index is 0.126. The van der Waals surface area contributed by atoms with Gasteiger partial charge in [0.2, 0.25) is 5.91 Å². The maximum Gasteiger partial charge on any atom is 0.320 e. The van der Waals surface area contributed by atoms with Gasteiger partial charge in [0.25, 0.3) is 0 Å². The molecular weight excluding hydrogens is 991 g/mol. The molecule has 4 unspecified atom stereocenters. The van der Waals surface area contributed by atoms with Crippen molar-refractivity contribution in [3.8, 4) is 22.5 Å². The van der Waals surface area contributed by atoms with E-state index in [1.54, 1.807) is 6.33 Å². The number of hydrogen-bond donors (Lipinski definition) is 3. The fourth-order valence-corrected chi connectivity index (χ4v) is 17.6. The van der Waals surface area contributed by atoms with Gasteiger partial charge >= 0.3 is 5.97 Å². The molecule has 13 rings (SSSR count). The van der Waals surface area contributed by atoms with Crippen molar-refractivity contribution < 1.29 is 19.1 Å². The fourth-order valence-electron chi connectivity index (χ4n) is 14.7. The van der Waals surface area contributed by atoms with E-state index < -0.39 is 5.60 Å². The number of pyridine rings is 2. The van der Waals surface area contributed by atoms with E-state index in [4.69, 9.17) is 19.6 Å². The summed E-state index contributed by atoms with van der Waals surface area (Å²) in [6.45, 7) is 30.4. The summed E-state index contributed by atoms with van der Waals surface area (Å²) in [5, 5.41) is 15.4. The second-order valence-corrected chi connectivity index (χ2v) is 26.8. The van der Waals surface area contributed by atoms with Crippen LogP contribution in [0.3, 0.4) is 0 Å². The molecule has 6 atom stereocenters. The Kier molecular flexibility index (Phi) is 12.1. The Balaban J connectivity index is 0.671. The van der Waals surface area contributed by atoms with E-state index in [9.17, 15) is 9.59 Å². The van der Waals surface area contributed by atoms with Crippen LogP contribution >= 0.6 is 22.7 Å². The molecule has 15 nitrogen and oxygen atoms in total. The maximum atomic E-state index is 13.8. The summed E-state index contributed by atoms with van der Waals surface area (Å²) in [6.07, 6.45) is 10.7. The third-order valence-electron chi connectivity index (χ3n) is 18.6. The number of aromatic nitrogens is 8. The minimum Gasteiger partial charge on any atom is -0.458 e. The molecule has 8 aromatic heterocycles. The van der Waals surface area contributed by atoms with Gasteiger partial charge in [-0.15, -0.1) is 22.7 Å². The quantitative estimate of drug-likeness (QED) is 0.0894. The number of amides is 1. The normalized spacial score (nSPS) is 23.1. The van der Waals surface area contributed by atoms with Crippen molar-refractivity contribution in [3.05, 3.63) is 78.8 Å². The SMILES string of the molecule is Cc1c(-c2[nH]c3sc([C@@H]4CC5CC4CN5CC(=O)OC(C)(C)Cc4nc5c(C)c(C)c(-c6[nH]c7sc([C@@H]8CC9CC8CN9CC(=O)NC8COC8)c(C)c7c6C(C)C)cn5n4)c(C)c3c2C(C)C)cn2ncnc2c1C. The Hall–Kier alpha value is -5.46. The van der Waals surface area contributed by atoms with E-state index in [1.807, 2.05) is 45.6 Å². The van der Waals surface area contributed by atoms with Crippen molar-refractivity contribution in [2.24, 2.45) is 11.8 Å². The highest BCUT2D eigenvalue weighted by atomic mass is 32.1. The smallest absolute Gasteiger partial charge is 0.320 e. The first-order valence-electron chi connectivity index (χ1n) is 27.8. The number of nitrogens with zero attached hydrogens (tertiary/aromatic N) is 8. The number of hydrogen-bond acceptors (Lipinski definition) is 12. The van der Waals surface area contributed by atoms with Crippen LogP contribution in [0.5, 0.6) is 0 Å². The zero-order valence-corrected chi connectivity index (χ0v) is 47.9. The lowest BCUT2D eigenvalue weighted by atomic mass is 9.88. The van der Waals surface area contributed by atoms with Crippen molar-refractivity contribution in [2.75, 3.05) is 39.4 Å². The summed E-state index contributed by atoms with van der Waals surface area (Å²) in [6, 6.07) is 0.988. The van der Waals surface area contributed by atoms with Crippen molar-refractivity contribution >= 4 is 66.3 Å². The molecule has 3 saturated heterocycles. The van der Waals surface area contributed by atoms with Gasteiger partial charge < -0.3 is 24.8 Å². The third-order valence-corrected chi connectivity index (χ3v) is 21.3. The zero-order chi connectivity index (χ0) is 53.0. The average molecular weight is 1060 g/mol. The first-order chi connectivity index (χ1) is 36.3. The number of aromatic amines is 2. The Morgan fingerprint density at radius 2 is 1.28 bits per heavy atom. The molecule has 3 aliphatic heterocycles. The standard InChI is InChI=1S/C59H73N11O4S2/c1-27(2)47-49-33(9)54(76-57(49)64-51(47)42-20-69-55(60-26-61-69)31(7)29(42)5)41-16-39-14-36(41)19-68(39)23-46(72)74-59(11,12)17-44-63-56-32(8)30(6)43(21-70(56)66-44)52-48(28(3)4)50-34(10)53(75-58(50)65-52)40-15-38-13-35(40)18-67(38)22-45(71)62-37-24-73-25-37/h20-21,26-28,35-41,64-65H,13-19,22-25H2,1-12H3,(H,62,71)/t35?,36?,38?,39?,40-,41-/m1/s1. The summed E-state index contributed by atoms with van der Waals surface area (Å²) < 4.78 is 15.4.